The van der Waals surface area contributed by atoms with Gasteiger partial charge in [-0.2, -0.15) is 17.0 Å². The van der Waals surface area contributed by atoms with Crippen molar-refractivity contribution in [3.05, 3.63) is 16.1 Å². The minimum Gasteiger partial charge on any atom is -0.330 e. The van der Waals surface area contributed by atoms with E-state index in [1.54, 1.807) is 19.6 Å². The molecule has 2 N–H and O–H groups in total. The molecule has 0 aromatic carbocycles. The van der Waals surface area contributed by atoms with E-state index in [1.807, 2.05) is 6.92 Å². The monoisotopic (exact) mass is 292 g/mol. The molecular weight excluding hydrogens is 272 g/mol. The van der Waals surface area contributed by atoms with Crippen molar-refractivity contribution in [3.8, 4) is 0 Å². The molecule has 0 atom stereocenters. The van der Waals surface area contributed by atoms with E-state index in [9.17, 15) is 8.42 Å². The van der Waals surface area contributed by atoms with Gasteiger partial charge < -0.3 is 5.73 Å². The molecule has 0 saturated heterocycles. The van der Waals surface area contributed by atoms with Crippen LogP contribution >= 0.6 is 11.3 Å². The Balaban J connectivity index is 2.70. The summed E-state index contributed by atoms with van der Waals surface area (Å²) >= 11 is 1.47. The van der Waals surface area contributed by atoms with Gasteiger partial charge in [-0.1, -0.05) is 0 Å². The molecule has 0 fully saturated rings. The first-order valence-corrected chi connectivity index (χ1v) is 7.94. The number of aromatic nitrogens is 1. The summed E-state index contributed by atoms with van der Waals surface area (Å²) in [6.07, 6.45) is 0.656. The van der Waals surface area contributed by atoms with Crippen molar-refractivity contribution < 1.29 is 8.42 Å². The van der Waals surface area contributed by atoms with Crippen LogP contribution in [-0.4, -0.2) is 49.2 Å². The van der Waals surface area contributed by atoms with E-state index < -0.39 is 10.2 Å². The van der Waals surface area contributed by atoms with Crippen molar-refractivity contribution in [3.63, 3.8) is 0 Å². The van der Waals surface area contributed by atoms with Crippen molar-refractivity contribution in [2.45, 2.75) is 19.9 Å². The van der Waals surface area contributed by atoms with Gasteiger partial charge in [-0.05, 0) is 19.9 Å². The normalized spacial score (nSPS) is 12.6. The highest BCUT2D eigenvalue weighted by Crippen LogP contribution is 2.17. The Labute approximate surface area is 113 Å². The van der Waals surface area contributed by atoms with Crippen LogP contribution in [0.5, 0.6) is 0 Å². The number of hydrogen-bond donors (Lipinski definition) is 1. The second kappa shape index (κ2) is 6.58. The summed E-state index contributed by atoms with van der Waals surface area (Å²) in [5.74, 6) is 0. The van der Waals surface area contributed by atoms with E-state index in [1.165, 1.54) is 19.9 Å². The Kier molecular flexibility index (Phi) is 5.67. The summed E-state index contributed by atoms with van der Waals surface area (Å²) in [5, 5.41) is 0. The fraction of sp³-hybridized carbons (Fsp3) is 0.700. The van der Waals surface area contributed by atoms with Crippen LogP contribution in [0, 0.1) is 6.92 Å². The molecule has 8 heteroatoms. The van der Waals surface area contributed by atoms with E-state index in [0.29, 0.717) is 26.1 Å². The number of hydrogen-bond acceptors (Lipinski definition) is 5. The second-order valence-corrected chi connectivity index (χ2v) is 7.17. The lowest BCUT2D eigenvalue weighted by atomic mass is 10.4. The molecule has 0 aliphatic carbocycles. The third kappa shape index (κ3) is 3.72. The molecule has 1 heterocycles. The molecule has 0 spiro atoms. The van der Waals surface area contributed by atoms with Gasteiger partial charge in [0.05, 0.1) is 17.7 Å². The van der Waals surface area contributed by atoms with E-state index in [4.69, 9.17) is 5.73 Å². The zero-order valence-electron chi connectivity index (χ0n) is 11.0. The maximum Gasteiger partial charge on any atom is 0.281 e. The smallest absolute Gasteiger partial charge is 0.281 e. The largest absolute Gasteiger partial charge is 0.330 e. The molecule has 18 heavy (non-hydrogen) atoms. The standard InChI is InChI=1S/C10H20N4O2S2/c1-9-10(17-8-12-9)7-14(3)18(15,16)13(2)6-4-5-11/h8H,4-7,11H2,1-3H3. The quantitative estimate of drug-likeness (QED) is 0.789. The average molecular weight is 292 g/mol. The number of nitrogens with two attached hydrogens (primary N) is 1. The summed E-state index contributed by atoms with van der Waals surface area (Å²) in [6.45, 7) is 3.15. The van der Waals surface area contributed by atoms with E-state index >= 15 is 0 Å². The van der Waals surface area contributed by atoms with Gasteiger partial charge in [0, 0.05) is 25.5 Å². The first-order valence-electron chi connectivity index (χ1n) is 5.66. The summed E-state index contributed by atoms with van der Waals surface area (Å²) < 4.78 is 27.0. The molecule has 1 aromatic rings. The first-order chi connectivity index (χ1) is 8.39. The highest BCUT2D eigenvalue weighted by Gasteiger charge is 2.24. The highest BCUT2D eigenvalue weighted by atomic mass is 32.2. The molecule has 0 saturated carbocycles. The van der Waals surface area contributed by atoms with Crippen LogP contribution in [-0.2, 0) is 16.8 Å². The van der Waals surface area contributed by atoms with Crippen LogP contribution in [0.1, 0.15) is 17.0 Å². The zero-order chi connectivity index (χ0) is 13.8. The predicted octanol–water partition coefficient (Wildman–Crippen LogP) is 0.409. The Bertz CT molecular complexity index is 472. The van der Waals surface area contributed by atoms with Gasteiger partial charge in [0.2, 0.25) is 0 Å². The van der Waals surface area contributed by atoms with Crippen molar-refractivity contribution in [2.24, 2.45) is 5.73 Å². The van der Waals surface area contributed by atoms with E-state index in [-0.39, 0.29) is 0 Å². The third-order valence-electron chi connectivity index (χ3n) is 2.68. The average Bonchev–Trinajstić information content (AvgIpc) is 2.71. The van der Waals surface area contributed by atoms with Gasteiger partial charge in [0.25, 0.3) is 10.2 Å². The van der Waals surface area contributed by atoms with Crippen LogP contribution in [0.4, 0.5) is 0 Å². The maximum absolute atomic E-state index is 12.2. The molecule has 1 aromatic heterocycles. The van der Waals surface area contributed by atoms with Crippen LogP contribution in [0.15, 0.2) is 5.51 Å². The molecule has 0 amide bonds. The van der Waals surface area contributed by atoms with Gasteiger partial charge in [0.15, 0.2) is 0 Å². The molecule has 0 aliphatic heterocycles. The van der Waals surface area contributed by atoms with Crippen molar-refractivity contribution >= 4 is 21.5 Å². The van der Waals surface area contributed by atoms with Gasteiger partial charge in [-0.25, -0.2) is 4.98 Å². The molecule has 1 rings (SSSR count). The second-order valence-electron chi connectivity index (χ2n) is 4.09. The predicted molar refractivity (Wildman–Crippen MR) is 73.5 cm³/mol. The summed E-state index contributed by atoms with van der Waals surface area (Å²) in [6, 6.07) is 0. The summed E-state index contributed by atoms with van der Waals surface area (Å²) in [4.78, 5) is 5.08. The summed E-state index contributed by atoms with van der Waals surface area (Å²) in [7, 11) is -0.267. The zero-order valence-corrected chi connectivity index (χ0v) is 12.6. The molecule has 0 bridgehead atoms. The van der Waals surface area contributed by atoms with E-state index in [0.717, 1.165) is 10.6 Å². The van der Waals surface area contributed by atoms with Gasteiger partial charge in [-0.3, -0.25) is 0 Å². The van der Waals surface area contributed by atoms with Crippen LogP contribution in [0.25, 0.3) is 0 Å². The number of rotatable bonds is 7. The molecule has 0 aliphatic rings. The van der Waals surface area contributed by atoms with Crippen molar-refractivity contribution in [2.75, 3.05) is 27.2 Å². The Morgan fingerprint density at radius 3 is 2.56 bits per heavy atom. The van der Waals surface area contributed by atoms with Crippen LogP contribution in [0.2, 0.25) is 0 Å². The lowest BCUT2D eigenvalue weighted by Crippen LogP contribution is -2.40. The Morgan fingerprint density at radius 1 is 1.39 bits per heavy atom. The topological polar surface area (TPSA) is 79.5 Å². The first kappa shape index (κ1) is 15.5. The Morgan fingerprint density at radius 2 is 2.06 bits per heavy atom. The fourth-order valence-electron chi connectivity index (χ4n) is 1.43. The molecule has 0 radical (unpaired) electrons. The van der Waals surface area contributed by atoms with Crippen LogP contribution in [0.3, 0.4) is 0 Å². The molecule has 6 nitrogen and oxygen atoms in total. The van der Waals surface area contributed by atoms with Gasteiger partial charge >= 0.3 is 0 Å². The molecule has 104 valence electrons. The van der Waals surface area contributed by atoms with Crippen molar-refractivity contribution in [1.29, 1.82) is 0 Å². The lowest BCUT2D eigenvalue weighted by Gasteiger charge is -2.23. The molecular formula is C10H20N4O2S2. The van der Waals surface area contributed by atoms with E-state index in [2.05, 4.69) is 4.98 Å². The van der Waals surface area contributed by atoms with Gasteiger partial charge in [-0.15, -0.1) is 11.3 Å². The minimum absolute atomic E-state index is 0.353. The molecule has 0 unspecified atom stereocenters. The maximum atomic E-state index is 12.2. The highest BCUT2D eigenvalue weighted by molar-refractivity contribution is 7.86. The Hall–Kier alpha value is -0.540. The van der Waals surface area contributed by atoms with Crippen LogP contribution < -0.4 is 5.73 Å². The van der Waals surface area contributed by atoms with Gasteiger partial charge in [0.1, 0.15) is 0 Å². The minimum atomic E-state index is -3.41. The lowest BCUT2D eigenvalue weighted by molar-refractivity contribution is 0.388. The number of aryl methyl sites for hydroxylation is 1. The number of thiazole rings is 1. The van der Waals surface area contributed by atoms with Crippen molar-refractivity contribution in [1.82, 2.24) is 13.6 Å². The SMILES string of the molecule is Cc1ncsc1CN(C)S(=O)(=O)N(C)CCCN. The summed E-state index contributed by atoms with van der Waals surface area (Å²) in [5.41, 5.74) is 7.99. The third-order valence-corrected chi connectivity index (χ3v) is 5.48. The fourth-order valence-corrected chi connectivity index (χ4v) is 3.47. The number of nitrogens with zero attached hydrogens (tertiary/aromatic N) is 3.